The van der Waals surface area contributed by atoms with Crippen LogP contribution < -0.4 is 16.0 Å². The Kier molecular flexibility index (Phi) is 5.85. The third kappa shape index (κ3) is 5.20. The number of carbonyl (C=O) groups is 2. The first kappa shape index (κ1) is 20.1. The number of urea groups is 1. The molecule has 3 amide bonds. The van der Waals surface area contributed by atoms with Crippen molar-refractivity contribution in [3.05, 3.63) is 58.9 Å². The number of rotatable bonds is 4. The van der Waals surface area contributed by atoms with Gasteiger partial charge in [-0.1, -0.05) is 17.7 Å². The summed E-state index contributed by atoms with van der Waals surface area (Å²) in [5.41, 5.74) is 0.958. The summed E-state index contributed by atoms with van der Waals surface area (Å²) in [6.07, 6.45) is 0.373. The van der Waals surface area contributed by atoms with Crippen LogP contribution in [0.15, 0.2) is 42.5 Å². The van der Waals surface area contributed by atoms with E-state index in [0.717, 1.165) is 6.07 Å². The smallest absolute Gasteiger partial charge is 0.319 e. The highest BCUT2D eigenvalue weighted by Gasteiger charge is 2.28. The quantitative estimate of drug-likeness (QED) is 0.700. The van der Waals surface area contributed by atoms with Crippen LogP contribution in [0.1, 0.15) is 16.8 Å². The molecule has 7 nitrogen and oxygen atoms in total. The molecule has 0 aliphatic carbocycles. The number of hydrogen-bond acceptors (Lipinski definition) is 4. The highest BCUT2D eigenvalue weighted by Crippen LogP contribution is 2.20. The van der Waals surface area contributed by atoms with Gasteiger partial charge in [0.05, 0.1) is 16.5 Å². The van der Waals surface area contributed by atoms with E-state index in [1.807, 2.05) is 0 Å². The van der Waals surface area contributed by atoms with Crippen LogP contribution in [0.4, 0.5) is 20.6 Å². The minimum atomic E-state index is -3.10. The predicted octanol–water partition coefficient (Wildman–Crippen LogP) is 3.04. The fourth-order valence-electron chi connectivity index (χ4n) is 2.78. The lowest BCUT2D eigenvalue weighted by atomic mass is 10.2. The zero-order chi connectivity index (χ0) is 20.3. The zero-order valence-electron chi connectivity index (χ0n) is 14.5. The summed E-state index contributed by atoms with van der Waals surface area (Å²) < 4.78 is 36.1. The third-order valence-corrected chi connectivity index (χ3v) is 6.19. The molecule has 1 saturated heterocycles. The number of halogens is 2. The van der Waals surface area contributed by atoms with E-state index >= 15 is 0 Å². The number of hydrogen-bond donors (Lipinski definition) is 3. The molecule has 2 aromatic rings. The summed E-state index contributed by atoms with van der Waals surface area (Å²) >= 11 is 5.69. The van der Waals surface area contributed by atoms with E-state index in [1.165, 1.54) is 18.2 Å². The standard InChI is InChI=1S/C18H17ClFN3O4S/c19-15-9-13(4-5-16(15)20)21-17(24)11-2-1-3-12(8-11)22-18(25)23-14-6-7-28(26,27)10-14/h1-5,8-9,14H,6-7,10H2,(H,21,24)(H2,22,23,25)/t14-/m0/s1. The molecule has 0 bridgehead atoms. The average molecular weight is 426 g/mol. The van der Waals surface area contributed by atoms with Crippen molar-refractivity contribution in [2.24, 2.45) is 0 Å². The van der Waals surface area contributed by atoms with Gasteiger partial charge in [-0.15, -0.1) is 0 Å². The minimum Gasteiger partial charge on any atom is -0.334 e. The van der Waals surface area contributed by atoms with Crippen LogP contribution in [0.25, 0.3) is 0 Å². The van der Waals surface area contributed by atoms with Crippen LogP contribution in [0.2, 0.25) is 5.02 Å². The molecule has 1 aliphatic heterocycles. The maximum atomic E-state index is 13.2. The van der Waals surface area contributed by atoms with Gasteiger partial charge in [0.25, 0.3) is 5.91 Å². The predicted molar refractivity (Wildman–Crippen MR) is 105 cm³/mol. The van der Waals surface area contributed by atoms with Crippen LogP contribution >= 0.6 is 11.6 Å². The average Bonchev–Trinajstić information content (AvgIpc) is 2.96. The molecule has 0 unspecified atom stereocenters. The first-order chi connectivity index (χ1) is 13.2. The van der Waals surface area contributed by atoms with Crippen LogP contribution in [0.5, 0.6) is 0 Å². The first-order valence-corrected chi connectivity index (χ1v) is 10.6. The first-order valence-electron chi connectivity index (χ1n) is 8.36. The van der Waals surface area contributed by atoms with Gasteiger partial charge in [-0.25, -0.2) is 17.6 Å². The van der Waals surface area contributed by atoms with Gasteiger partial charge in [0, 0.05) is 23.0 Å². The normalized spacial score (nSPS) is 17.7. The summed E-state index contributed by atoms with van der Waals surface area (Å²) in [7, 11) is -3.10. The Bertz CT molecular complexity index is 1030. The molecule has 1 aliphatic rings. The summed E-state index contributed by atoms with van der Waals surface area (Å²) in [6, 6.07) is 9.02. The lowest BCUT2D eigenvalue weighted by Gasteiger charge is -2.13. The summed E-state index contributed by atoms with van der Waals surface area (Å²) in [5, 5.41) is 7.66. The van der Waals surface area contributed by atoms with Gasteiger partial charge in [-0.2, -0.15) is 0 Å². The van der Waals surface area contributed by atoms with Crippen molar-refractivity contribution in [3.63, 3.8) is 0 Å². The van der Waals surface area contributed by atoms with E-state index in [-0.39, 0.29) is 22.1 Å². The molecule has 1 heterocycles. The summed E-state index contributed by atoms with van der Waals surface area (Å²) in [5.74, 6) is -1.08. The molecule has 0 radical (unpaired) electrons. The molecule has 0 aromatic heterocycles. The Labute approximate surface area is 166 Å². The zero-order valence-corrected chi connectivity index (χ0v) is 16.1. The number of benzene rings is 2. The number of nitrogens with one attached hydrogen (secondary N) is 3. The number of carbonyl (C=O) groups excluding carboxylic acids is 2. The van der Waals surface area contributed by atoms with Gasteiger partial charge in [0.2, 0.25) is 0 Å². The molecular formula is C18H17ClFN3O4S. The molecule has 28 heavy (non-hydrogen) atoms. The molecule has 1 atom stereocenters. The Morgan fingerprint density at radius 3 is 2.50 bits per heavy atom. The van der Waals surface area contributed by atoms with E-state index in [9.17, 15) is 22.4 Å². The Hall–Kier alpha value is -2.65. The maximum Gasteiger partial charge on any atom is 0.319 e. The van der Waals surface area contributed by atoms with Crippen molar-refractivity contribution in [2.75, 3.05) is 22.1 Å². The van der Waals surface area contributed by atoms with E-state index in [0.29, 0.717) is 17.8 Å². The van der Waals surface area contributed by atoms with Crippen LogP contribution in [0, 0.1) is 5.82 Å². The molecule has 3 rings (SSSR count). The largest absolute Gasteiger partial charge is 0.334 e. The summed E-state index contributed by atoms with van der Waals surface area (Å²) in [4.78, 5) is 24.4. The fourth-order valence-corrected chi connectivity index (χ4v) is 4.63. The van der Waals surface area contributed by atoms with Crippen molar-refractivity contribution >= 4 is 44.8 Å². The van der Waals surface area contributed by atoms with Gasteiger partial charge >= 0.3 is 6.03 Å². The van der Waals surface area contributed by atoms with E-state index in [4.69, 9.17) is 11.6 Å². The number of anilines is 2. The highest BCUT2D eigenvalue weighted by atomic mass is 35.5. The van der Waals surface area contributed by atoms with Crippen molar-refractivity contribution in [1.82, 2.24) is 5.32 Å². The van der Waals surface area contributed by atoms with Gasteiger partial charge in [0.1, 0.15) is 5.82 Å². The van der Waals surface area contributed by atoms with E-state index in [1.54, 1.807) is 18.2 Å². The van der Waals surface area contributed by atoms with Crippen molar-refractivity contribution < 1.29 is 22.4 Å². The SMILES string of the molecule is O=C(Nc1cccc(C(=O)Nc2ccc(F)c(Cl)c2)c1)N[C@H]1CCS(=O)(=O)C1. The maximum absolute atomic E-state index is 13.2. The van der Waals surface area contributed by atoms with Gasteiger partial charge < -0.3 is 16.0 Å². The van der Waals surface area contributed by atoms with E-state index < -0.39 is 33.6 Å². The molecular weight excluding hydrogens is 409 g/mol. The van der Waals surface area contributed by atoms with Gasteiger partial charge in [-0.3, -0.25) is 4.79 Å². The second-order valence-corrected chi connectivity index (χ2v) is 9.00. The third-order valence-electron chi connectivity index (χ3n) is 4.13. The summed E-state index contributed by atoms with van der Waals surface area (Å²) in [6.45, 7) is 0. The molecule has 3 N–H and O–H groups in total. The Balaban J connectivity index is 1.62. The van der Waals surface area contributed by atoms with Crippen LogP contribution in [0.3, 0.4) is 0 Å². The molecule has 2 aromatic carbocycles. The second-order valence-electron chi connectivity index (χ2n) is 6.36. The van der Waals surface area contributed by atoms with Crippen molar-refractivity contribution in [1.29, 1.82) is 0 Å². The van der Waals surface area contributed by atoms with Crippen LogP contribution in [-0.2, 0) is 9.84 Å². The monoisotopic (exact) mass is 425 g/mol. The number of amides is 3. The lowest BCUT2D eigenvalue weighted by Crippen LogP contribution is -2.38. The fraction of sp³-hybridized carbons (Fsp3) is 0.222. The van der Waals surface area contributed by atoms with Gasteiger partial charge in [-0.05, 0) is 42.8 Å². The lowest BCUT2D eigenvalue weighted by molar-refractivity contribution is 0.102. The highest BCUT2D eigenvalue weighted by molar-refractivity contribution is 7.91. The minimum absolute atomic E-state index is 0.0566. The Morgan fingerprint density at radius 2 is 1.82 bits per heavy atom. The molecule has 148 valence electrons. The van der Waals surface area contributed by atoms with Crippen LogP contribution in [-0.4, -0.2) is 37.9 Å². The molecule has 0 spiro atoms. The van der Waals surface area contributed by atoms with Gasteiger partial charge in [0.15, 0.2) is 9.84 Å². The number of sulfone groups is 1. The molecule has 0 saturated carbocycles. The topological polar surface area (TPSA) is 104 Å². The van der Waals surface area contributed by atoms with Crippen molar-refractivity contribution in [3.8, 4) is 0 Å². The molecule has 1 fully saturated rings. The Morgan fingerprint density at radius 1 is 1.07 bits per heavy atom. The van der Waals surface area contributed by atoms with E-state index in [2.05, 4.69) is 16.0 Å². The van der Waals surface area contributed by atoms with Crippen molar-refractivity contribution in [2.45, 2.75) is 12.5 Å². The molecule has 10 heteroatoms. The second kappa shape index (κ2) is 8.15.